The fraction of sp³-hybridized carbons (Fsp3) is 0.703. The molecule has 53 heavy (non-hydrogen) atoms. The number of aliphatic hydroxyl groups is 1. The molecule has 1 aromatic heterocycles. The fourth-order valence-corrected chi connectivity index (χ4v) is 6.04. The number of aromatic amines is 1. The molecule has 1 saturated carbocycles. The zero-order valence-electron chi connectivity index (χ0n) is 32.3. The lowest BCUT2D eigenvalue weighted by atomic mass is 9.86. The third-order valence-electron chi connectivity index (χ3n) is 9.21. The highest BCUT2D eigenvalue weighted by Crippen LogP contribution is 2.41. The lowest BCUT2D eigenvalue weighted by molar-refractivity contribution is -0.164. The number of nitrogens with zero attached hydrogens (tertiary/aromatic N) is 3. The van der Waals surface area contributed by atoms with Gasteiger partial charge in [0, 0.05) is 13.5 Å². The summed E-state index contributed by atoms with van der Waals surface area (Å²) in [6.07, 6.45) is 1.67. The Labute approximate surface area is 311 Å². The minimum atomic E-state index is -2.20. The monoisotopic (exact) mass is 744 g/mol. The summed E-state index contributed by atoms with van der Waals surface area (Å²) >= 11 is 0. The number of carbonyl (C=O) groups is 4. The van der Waals surface area contributed by atoms with Crippen LogP contribution in [0.15, 0.2) is 22.1 Å². The average Bonchev–Trinajstić information content (AvgIpc) is 3.55. The van der Waals surface area contributed by atoms with Crippen LogP contribution >= 0.6 is 0 Å². The average molecular weight is 745 g/mol. The topological polar surface area (TPSA) is 237 Å². The number of ether oxygens (including phenoxy) is 5. The van der Waals surface area contributed by atoms with Gasteiger partial charge in [-0.25, -0.2) is 14.6 Å². The van der Waals surface area contributed by atoms with E-state index in [0.29, 0.717) is 0 Å². The highest BCUT2D eigenvalue weighted by Gasteiger charge is 2.60. The van der Waals surface area contributed by atoms with Gasteiger partial charge < -0.3 is 44.8 Å². The molecule has 0 unspecified atom stereocenters. The van der Waals surface area contributed by atoms with Gasteiger partial charge in [0.15, 0.2) is 11.9 Å². The Balaban J connectivity index is 1.98. The summed E-state index contributed by atoms with van der Waals surface area (Å²) in [6.45, 7) is 12.7. The van der Waals surface area contributed by atoms with Crippen LogP contribution in [-0.4, -0.2) is 95.5 Å². The smallest absolute Gasteiger partial charge is 0.408 e. The Kier molecular flexibility index (Phi) is 14.4. The molecule has 2 heterocycles. The molecule has 0 aromatic carbocycles. The zero-order chi connectivity index (χ0) is 39.8. The van der Waals surface area contributed by atoms with Gasteiger partial charge in [0.2, 0.25) is 5.60 Å². The van der Waals surface area contributed by atoms with Crippen LogP contribution in [0.4, 0.5) is 4.79 Å². The summed E-state index contributed by atoms with van der Waals surface area (Å²) in [5.41, 5.74) is 0.426. The van der Waals surface area contributed by atoms with Gasteiger partial charge in [0.25, 0.3) is 5.91 Å². The predicted molar refractivity (Wildman–Crippen MR) is 194 cm³/mol. The molecular formula is C37H56N6O10. The summed E-state index contributed by atoms with van der Waals surface area (Å²) < 4.78 is 28.3. The number of nitrogens with one attached hydrogen (secondary N) is 2. The van der Waals surface area contributed by atoms with Gasteiger partial charge in [0.05, 0.1) is 17.7 Å². The van der Waals surface area contributed by atoms with Gasteiger partial charge in [-0.2, -0.15) is 10.3 Å². The van der Waals surface area contributed by atoms with Crippen molar-refractivity contribution in [3.8, 4) is 6.07 Å². The van der Waals surface area contributed by atoms with E-state index < -0.39 is 77.1 Å². The molecule has 0 radical (unpaired) electrons. The first-order valence-electron chi connectivity index (χ1n) is 17.9. The quantitative estimate of drug-likeness (QED) is 0.0829. The van der Waals surface area contributed by atoms with Crippen molar-refractivity contribution in [1.82, 2.24) is 10.3 Å². The fourth-order valence-electron chi connectivity index (χ4n) is 6.04. The lowest BCUT2D eigenvalue weighted by Crippen LogP contribution is -2.53. The van der Waals surface area contributed by atoms with Crippen molar-refractivity contribution in [3.05, 3.63) is 23.5 Å². The second-order valence-corrected chi connectivity index (χ2v) is 16.1. The van der Waals surface area contributed by atoms with Crippen molar-refractivity contribution >= 4 is 36.1 Å². The second kappa shape index (κ2) is 17.7. The first-order valence-corrected chi connectivity index (χ1v) is 17.9. The van der Waals surface area contributed by atoms with Crippen LogP contribution in [0, 0.1) is 22.7 Å². The number of hydrogen-bond acceptors (Lipinski definition) is 11. The number of rotatable bonds is 11. The van der Waals surface area contributed by atoms with Crippen LogP contribution in [0.5, 0.6) is 0 Å². The molecule has 1 aromatic rings. The zero-order valence-corrected chi connectivity index (χ0v) is 32.3. The summed E-state index contributed by atoms with van der Waals surface area (Å²) in [7, 11) is 1.35. The molecule has 3 rings (SSSR count). The van der Waals surface area contributed by atoms with Gasteiger partial charge in [0.1, 0.15) is 42.1 Å². The molecule has 294 valence electrons. The minimum Gasteiger partial charge on any atom is -0.463 e. The van der Waals surface area contributed by atoms with Crippen LogP contribution in [0.3, 0.4) is 0 Å². The Morgan fingerprint density at radius 3 is 2.30 bits per heavy atom. The molecular weight excluding hydrogens is 688 g/mol. The molecule has 5 N–H and O–H groups in total. The van der Waals surface area contributed by atoms with Gasteiger partial charge in [-0.1, -0.05) is 46.5 Å². The van der Waals surface area contributed by atoms with Crippen molar-refractivity contribution < 1.29 is 48.0 Å². The number of aliphatic imine (C=N–C) groups is 2. The molecule has 0 spiro atoms. The van der Waals surface area contributed by atoms with Crippen LogP contribution in [0.1, 0.15) is 112 Å². The minimum absolute atomic E-state index is 0.00606. The maximum absolute atomic E-state index is 13.8. The third-order valence-corrected chi connectivity index (χ3v) is 9.21. The highest BCUT2D eigenvalue weighted by molar-refractivity contribution is 6.08. The SMILES string of the molecule is COC(C)(C)C(=O)N=C(N=CN)c1ccc([C@]2(C#N)O[C@H](COC(=O)CC3CCCCCC3)[C@@H](OC(=O)[C@H](NC(=O)OC(C)(C)C)C(C)(C)C)[C@H]2O)[nH]1. The molecule has 16 heteroatoms. The first kappa shape index (κ1) is 43.1. The molecule has 1 aliphatic carbocycles. The molecule has 2 aliphatic rings. The molecule has 2 amide bonds. The maximum atomic E-state index is 13.8. The van der Waals surface area contributed by atoms with Crippen molar-refractivity contribution in [3.63, 3.8) is 0 Å². The summed E-state index contributed by atoms with van der Waals surface area (Å²) in [6, 6.07) is 3.60. The third kappa shape index (κ3) is 11.3. The van der Waals surface area contributed by atoms with Gasteiger partial charge in [-0.15, -0.1) is 0 Å². The number of aliphatic hydroxyl groups excluding tert-OH is 1. The normalized spacial score (nSPS) is 23.9. The Bertz CT molecular complexity index is 1560. The van der Waals surface area contributed by atoms with E-state index in [1.807, 2.05) is 6.07 Å². The number of hydrogen-bond donors (Lipinski definition) is 4. The first-order chi connectivity index (χ1) is 24.7. The maximum Gasteiger partial charge on any atom is 0.408 e. The Hall–Kier alpha value is -4.33. The Morgan fingerprint density at radius 1 is 1.11 bits per heavy atom. The number of H-pyrrole nitrogens is 1. The molecule has 0 bridgehead atoms. The van der Waals surface area contributed by atoms with Crippen LogP contribution in [-0.2, 0) is 43.7 Å². The summed E-state index contributed by atoms with van der Waals surface area (Å²) in [4.78, 5) is 63.4. The van der Waals surface area contributed by atoms with E-state index in [1.54, 1.807) is 41.5 Å². The summed E-state index contributed by atoms with van der Waals surface area (Å²) in [5.74, 6) is -2.08. The van der Waals surface area contributed by atoms with Crippen molar-refractivity contribution in [2.75, 3.05) is 13.7 Å². The highest BCUT2D eigenvalue weighted by atomic mass is 16.6. The number of nitriles is 1. The molecule has 5 atom stereocenters. The van der Waals surface area contributed by atoms with E-state index in [9.17, 15) is 29.5 Å². The number of carbonyl (C=O) groups excluding carboxylic acids is 4. The van der Waals surface area contributed by atoms with E-state index in [1.165, 1.54) is 33.1 Å². The predicted octanol–water partition coefficient (Wildman–Crippen LogP) is 3.93. The molecule has 1 aliphatic heterocycles. The molecule has 16 nitrogen and oxygen atoms in total. The number of amidine groups is 1. The van der Waals surface area contributed by atoms with Crippen molar-refractivity contribution in [2.45, 2.75) is 141 Å². The Morgan fingerprint density at radius 2 is 1.75 bits per heavy atom. The second-order valence-electron chi connectivity index (χ2n) is 16.1. The van der Waals surface area contributed by atoms with Crippen molar-refractivity contribution in [2.24, 2.45) is 27.1 Å². The van der Waals surface area contributed by atoms with Crippen LogP contribution in [0.2, 0.25) is 0 Å². The van der Waals surface area contributed by atoms with Crippen LogP contribution < -0.4 is 11.1 Å². The van der Waals surface area contributed by atoms with E-state index in [0.717, 1.165) is 44.9 Å². The number of alkyl carbamates (subject to hydrolysis) is 1. The van der Waals surface area contributed by atoms with E-state index in [-0.39, 0.29) is 29.6 Å². The van der Waals surface area contributed by atoms with Gasteiger partial charge in [-0.05, 0) is 70.9 Å². The number of aromatic nitrogens is 1. The van der Waals surface area contributed by atoms with Gasteiger partial charge >= 0.3 is 18.0 Å². The van der Waals surface area contributed by atoms with Crippen LogP contribution in [0.25, 0.3) is 0 Å². The molecule has 1 saturated heterocycles. The number of amides is 2. The number of nitrogens with two attached hydrogens (primary N) is 1. The van der Waals surface area contributed by atoms with Gasteiger partial charge in [-0.3, -0.25) is 9.59 Å². The standard InChI is InChI=1S/C37H56N6O10/c1-34(2,3)28(42-33(48)53-35(4,5)6)31(46)51-27-24(19-50-26(44)18-22-14-12-10-11-13-15-22)52-37(20-38,29(27)45)25-17-16-23(41-25)30(40-21-39)43-32(47)36(7,8)49-9/h16-17,21-22,24,27-29,41,45H,10-15,18-19H2,1-9H3,(H,42,48)(H2,39,40,43,47)/t24-,27-,28+,29-,37+/m1/s1. The van der Waals surface area contributed by atoms with Crippen molar-refractivity contribution in [1.29, 1.82) is 5.26 Å². The van der Waals surface area contributed by atoms with E-state index in [4.69, 9.17) is 29.4 Å². The number of esters is 2. The van der Waals surface area contributed by atoms with E-state index >= 15 is 0 Å². The lowest BCUT2D eigenvalue weighted by Gasteiger charge is -2.32. The largest absolute Gasteiger partial charge is 0.463 e. The number of methoxy groups -OCH3 is 1. The molecule has 2 fully saturated rings. The van der Waals surface area contributed by atoms with E-state index in [2.05, 4.69) is 20.3 Å². The summed E-state index contributed by atoms with van der Waals surface area (Å²) in [5, 5.41) is 25.0.